The first-order chi connectivity index (χ1) is 9.61. The predicted octanol–water partition coefficient (Wildman–Crippen LogP) is 1.47. The third-order valence-electron chi connectivity index (χ3n) is 3.53. The van der Waals surface area contributed by atoms with Gasteiger partial charge in [0.1, 0.15) is 11.7 Å². The van der Waals surface area contributed by atoms with Crippen molar-refractivity contribution in [3.63, 3.8) is 0 Å². The van der Waals surface area contributed by atoms with E-state index in [-0.39, 0.29) is 17.7 Å². The van der Waals surface area contributed by atoms with E-state index in [4.69, 9.17) is 16.3 Å². The molecule has 0 radical (unpaired) electrons. The SMILES string of the molecule is CCOC(=O)C1CN(C2CC2)c2nc(Cl)ncc2C1=O. The second kappa shape index (κ2) is 5.01. The van der Waals surface area contributed by atoms with Gasteiger partial charge in [0.15, 0.2) is 5.78 Å². The summed E-state index contributed by atoms with van der Waals surface area (Å²) >= 11 is 5.81. The van der Waals surface area contributed by atoms with Crippen LogP contribution >= 0.6 is 11.6 Å². The Kier molecular flexibility index (Phi) is 3.33. The molecule has 0 saturated heterocycles. The number of carbonyl (C=O) groups is 2. The molecule has 6 nitrogen and oxygen atoms in total. The maximum atomic E-state index is 12.4. The molecule has 0 aromatic carbocycles. The van der Waals surface area contributed by atoms with Crippen LogP contribution in [0.4, 0.5) is 5.82 Å². The number of hydrogen-bond acceptors (Lipinski definition) is 6. The summed E-state index contributed by atoms with van der Waals surface area (Å²) in [6.45, 7) is 2.29. The van der Waals surface area contributed by atoms with E-state index in [1.807, 2.05) is 4.90 Å². The molecule has 106 valence electrons. The van der Waals surface area contributed by atoms with Gasteiger partial charge in [0.2, 0.25) is 5.28 Å². The van der Waals surface area contributed by atoms with Crippen LogP contribution in [0, 0.1) is 5.92 Å². The van der Waals surface area contributed by atoms with Crippen molar-refractivity contribution in [1.29, 1.82) is 0 Å². The van der Waals surface area contributed by atoms with Gasteiger partial charge in [0.25, 0.3) is 0 Å². The Bertz CT molecular complexity index is 574. The monoisotopic (exact) mass is 295 g/mol. The van der Waals surface area contributed by atoms with Gasteiger partial charge in [-0.05, 0) is 31.4 Å². The number of nitrogens with zero attached hydrogens (tertiary/aromatic N) is 3. The van der Waals surface area contributed by atoms with Crippen LogP contribution in [-0.4, -0.2) is 40.9 Å². The Labute approximate surface area is 121 Å². The van der Waals surface area contributed by atoms with Gasteiger partial charge < -0.3 is 9.64 Å². The van der Waals surface area contributed by atoms with Crippen LogP contribution in [0.1, 0.15) is 30.1 Å². The molecule has 1 fully saturated rings. The molecule has 1 saturated carbocycles. The van der Waals surface area contributed by atoms with Gasteiger partial charge in [-0.25, -0.2) is 4.98 Å². The van der Waals surface area contributed by atoms with Crippen LogP contribution in [0.25, 0.3) is 0 Å². The van der Waals surface area contributed by atoms with Crippen molar-refractivity contribution < 1.29 is 14.3 Å². The van der Waals surface area contributed by atoms with Gasteiger partial charge >= 0.3 is 5.97 Å². The van der Waals surface area contributed by atoms with E-state index < -0.39 is 11.9 Å². The number of aromatic nitrogens is 2. The standard InChI is InChI=1S/C13H14ClN3O3/c1-2-20-12(19)9-6-17(7-3-4-7)11-8(10(9)18)5-15-13(14)16-11/h5,7,9H,2-4,6H2,1H3. The molecule has 1 unspecified atom stereocenters. The number of fused-ring (bicyclic) bond motifs is 1. The Hall–Kier alpha value is -1.69. The molecule has 7 heteroatoms. The number of halogens is 1. The van der Waals surface area contributed by atoms with E-state index in [2.05, 4.69) is 9.97 Å². The highest BCUT2D eigenvalue weighted by Gasteiger charge is 2.43. The first kappa shape index (κ1) is 13.3. The molecule has 0 spiro atoms. The Balaban J connectivity index is 1.98. The van der Waals surface area contributed by atoms with Gasteiger partial charge in [0, 0.05) is 18.8 Å². The maximum absolute atomic E-state index is 12.4. The van der Waals surface area contributed by atoms with Gasteiger partial charge in [-0.1, -0.05) is 0 Å². The molecule has 1 aromatic heterocycles. The third-order valence-corrected chi connectivity index (χ3v) is 3.71. The Morgan fingerprint density at radius 2 is 2.30 bits per heavy atom. The van der Waals surface area contributed by atoms with Crippen LogP contribution in [-0.2, 0) is 9.53 Å². The lowest BCUT2D eigenvalue weighted by Crippen LogP contribution is -2.45. The average molecular weight is 296 g/mol. The van der Waals surface area contributed by atoms with Crippen LogP contribution in [0.3, 0.4) is 0 Å². The van der Waals surface area contributed by atoms with Gasteiger partial charge in [-0.2, -0.15) is 4.98 Å². The lowest BCUT2D eigenvalue weighted by atomic mass is 9.94. The predicted molar refractivity (Wildman–Crippen MR) is 71.9 cm³/mol. The number of ether oxygens (including phenoxy) is 1. The summed E-state index contributed by atoms with van der Waals surface area (Å²) in [6, 6.07) is 0.324. The number of ketones is 1. The summed E-state index contributed by atoms with van der Waals surface area (Å²) in [4.78, 5) is 34.3. The van der Waals surface area contributed by atoms with Crippen LogP contribution in [0.2, 0.25) is 5.28 Å². The first-order valence-corrected chi connectivity index (χ1v) is 6.99. The number of rotatable bonds is 3. The van der Waals surface area contributed by atoms with Gasteiger partial charge in [-0.3, -0.25) is 9.59 Å². The maximum Gasteiger partial charge on any atom is 0.318 e. The van der Waals surface area contributed by atoms with E-state index in [1.165, 1.54) is 6.20 Å². The van der Waals surface area contributed by atoms with Gasteiger partial charge in [0.05, 0.1) is 12.2 Å². The fourth-order valence-electron chi connectivity index (χ4n) is 2.43. The van der Waals surface area contributed by atoms with Gasteiger partial charge in [-0.15, -0.1) is 0 Å². The molecule has 1 aromatic rings. The Morgan fingerprint density at radius 3 is 2.95 bits per heavy atom. The lowest BCUT2D eigenvalue weighted by molar-refractivity contribution is -0.145. The highest BCUT2D eigenvalue weighted by Crippen LogP contribution is 2.37. The number of esters is 1. The zero-order valence-electron chi connectivity index (χ0n) is 11.0. The molecule has 1 aliphatic heterocycles. The second-order valence-electron chi connectivity index (χ2n) is 4.93. The van der Waals surface area contributed by atoms with Crippen molar-refractivity contribution in [2.24, 2.45) is 5.92 Å². The molecular weight excluding hydrogens is 282 g/mol. The van der Waals surface area contributed by atoms with E-state index in [9.17, 15) is 9.59 Å². The van der Waals surface area contributed by atoms with Crippen LogP contribution in [0.15, 0.2) is 6.20 Å². The summed E-state index contributed by atoms with van der Waals surface area (Å²) < 4.78 is 4.99. The summed E-state index contributed by atoms with van der Waals surface area (Å²) in [7, 11) is 0. The van der Waals surface area contributed by atoms with Crippen molar-refractivity contribution in [2.75, 3.05) is 18.1 Å². The van der Waals surface area contributed by atoms with E-state index in [0.717, 1.165) is 12.8 Å². The number of anilines is 1. The fourth-order valence-corrected chi connectivity index (χ4v) is 2.56. The number of carbonyl (C=O) groups excluding carboxylic acids is 2. The topological polar surface area (TPSA) is 72.4 Å². The van der Waals surface area contributed by atoms with Crippen molar-refractivity contribution in [2.45, 2.75) is 25.8 Å². The molecule has 1 aliphatic carbocycles. The highest BCUT2D eigenvalue weighted by atomic mass is 35.5. The molecule has 20 heavy (non-hydrogen) atoms. The smallest absolute Gasteiger partial charge is 0.318 e. The number of Topliss-reactive ketones (excluding diaryl/α,β-unsaturated/α-hetero) is 1. The summed E-state index contributed by atoms with van der Waals surface area (Å²) in [5, 5.41) is 0.108. The first-order valence-electron chi connectivity index (χ1n) is 6.61. The quantitative estimate of drug-likeness (QED) is 0.478. The van der Waals surface area contributed by atoms with Crippen LogP contribution < -0.4 is 4.90 Å². The van der Waals surface area contributed by atoms with E-state index in [0.29, 0.717) is 24.0 Å². The zero-order valence-corrected chi connectivity index (χ0v) is 11.8. The molecule has 2 heterocycles. The normalized spacial score (nSPS) is 21.6. The largest absolute Gasteiger partial charge is 0.465 e. The van der Waals surface area contributed by atoms with Crippen molar-refractivity contribution in [3.8, 4) is 0 Å². The highest BCUT2D eigenvalue weighted by molar-refractivity contribution is 6.28. The van der Waals surface area contributed by atoms with Crippen LogP contribution in [0.5, 0.6) is 0 Å². The molecular formula is C13H14ClN3O3. The molecule has 0 amide bonds. The molecule has 3 rings (SSSR count). The summed E-state index contributed by atoms with van der Waals surface area (Å²) in [5.74, 6) is -1.03. The summed E-state index contributed by atoms with van der Waals surface area (Å²) in [5.41, 5.74) is 0.352. The zero-order chi connectivity index (χ0) is 14.3. The second-order valence-corrected chi connectivity index (χ2v) is 5.27. The molecule has 1 atom stereocenters. The van der Waals surface area contributed by atoms with Crippen molar-refractivity contribution >= 4 is 29.2 Å². The molecule has 2 aliphatic rings. The van der Waals surface area contributed by atoms with Crippen molar-refractivity contribution in [3.05, 3.63) is 17.0 Å². The fraction of sp³-hybridized carbons (Fsp3) is 0.538. The summed E-state index contributed by atoms with van der Waals surface area (Å²) in [6.07, 6.45) is 3.46. The minimum atomic E-state index is -0.798. The minimum absolute atomic E-state index is 0.108. The Morgan fingerprint density at radius 1 is 1.55 bits per heavy atom. The third kappa shape index (κ3) is 2.24. The lowest BCUT2D eigenvalue weighted by Gasteiger charge is -2.32. The average Bonchev–Trinajstić information content (AvgIpc) is 3.23. The molecule has 0 N–H and O–H groups in total. The minimum Gasteiger partial charge on any atom is -0.465 e. The van der Waals surface area contributed by atoms with E-state index >= 15 is 0 Å². The molecule has 0 bridgehead atoms. The van der Waals surface area contributed by atoms with Crippen molar-refractivity contribution in [1.82, 2.24) is 9.97 Å². The number of hydrogen-bond donors (Lipinski definition) is 0. The van der Waals surface area contributed by atoms with E-state index in [1.54, 1.807) is 6.92 Å².